The van der Waals surface area contributed by atoms with Crippen molar-refractivity contribution in [2.24, 2.45) is 29.4 Å². The monoisotopic (exact) mass is 1330 g/mol. The van der Waals surface area contributed by atoms with Crippen LogP contribution in [0.4, 0.5) is 21.0 Å². The minimum absolute atomic E-state index is 0.0845. The average Bonchev–Trinajstić information content (AvgIpc) is 2.44. The standard InChI is InChI=1S/C38H45N9O5.C29H36BrN7O4/c48-35(39-19-22-47-20-1-2-21-47)30-13-11-28(12-14-30)27-7-3-25(4-8-27)23-33(42-36(49)31-9-5-26(6-10-31)24-40-38(51)52)37(50)41-32-17-15-29(16-18-32)34-43-45-46-44-34;1-29(2,3)41-28(40)32-17-19-4-8-21(9-5-19)27(39)37(23-14-10-20(11-15-23)26-33-35-36-34-26)24(25(31)38)16-18-6-12-22(30)13-7-18/h3-4,7-8,11-18,26,31,33,40H,1-2,5-6,9-10,19-24H2,(H,39,48)(H,41,50)(H,42,49)(H,51,52)(H,43,44,45,46);6-7,10-15,19,21,24H,4-5,8-9,16-17H2,1-3H3,(H2,31,38)(H,32,40)(H,33,34,35,36)/t26-,31-,33-;19-,21-,24-/m00/s1. The van der Waals surface area contributed by atoms with E-state index in [0.717, 1.165) is 83.2 Å². The molecule has 26 heteroatoms. The Hall–Kier alpha value is -9.43. The lowest BCUT2D eigenvalue weighted by Crippen LogP contribution is -2.52. The van der Waals surface area contributed by atoms with Gasteiger partial charge in [0.25, 0.3) is 5.91 Å². The maximum absolute atomic E-state index is 14.1. The highest BCUT2D eigenvalue weighted by Gasteiger charge is 2.37. The Bertz CT molecular complexity index is 3570. The second kappa shape index (κ2) is 32.7. The number of amides is 7. The van der Waals surface area contributed by atoms with E-state index < -0.39 is 35.8 Å². The lowest BCUT2D eigenvalue weighted by molar-refractivity contribution is -0.130. The van der Waals surface area contributed by atoms with Crippen molar-refractivity contribution in [3.63, 3.8) is 0 Å². The summed E-state index contributed by atoms with van der Waals surface area (Å²) in [7, 11) is 0. The van der Waals surface area contributed by atoms with Crippen LogP contribution in [0.15, 0.2) is 126 Å². The molecule has 3 fully saturated rings. The number of rotatable bonds is 23. The van der Waals surface area contributed by atoms with Gasteiger partial charge < -0.3 is 47.1 Å². The summed E-state index contributed by atoms with van der Waals surface area (Å²) in [5, 5.41) is 50.9. The number of H-pyrrole nitrogens is 2. The van der Waals surface area contributed by atoms with Gasteiger partial charge in [0.1, 0.15) is 17.7 Å². The maximum Gasteiger partial charge on any atom is 0.407 e. The fourth-order valence-corrected chi connectivity index (χ4v) is 12.2. The number of ether oxygens (including phenoxy) is 1. The zero-order chi connectivity index (χ0) is 65.9. The molecular weight excluding hydrogens is 1250 g/mol. The highest BCUT2D eigenvalue weighted by atomic mass is 79.9. The van der Waals surface area contributed by atoms with E-state index in [-0.39, 0.29) is 60.1 Å². The molecule has 0 radical (unpaired) electrons. The van der Waals surface area contributed by atoms with Gasteiger partial charge in [0, 0.05) is 83.4 Å². The van der Waals surface area contributed by atoms with Gasteiger partial charge in [0.2, 0.25) is 23.6 Å². The van der Waals surface area contributed by atoms with Crippen molar-refractivity contribution in [3.8, 4) is 33.9 Å². The normalized spacial score (nSPS) is 17.9. The Kier molecular flexibility index (Phi) is 23.9. The number of tetrazole rings is 2. The molecule has 1 aliphatic heterocycles. The van der Waals surface area contributed by atoms with Crippen molar-refractivity contribution in [3.05, 3.63) is 142 Å². The molecular formula is C67H81BrN16O9. The van der Waals surface area contributed by atoms with Gasteiger partial charge in [-0.25, -0.2) is 19.8 Å². The van der Waals surface area contributed by atoms with Gasteiger partial charge in [0.05, 0.1) is 0 Å². The molecule has 2 atom stereocenters. The summed E-state index contributed by atoms with van der Waals surface area (Å²) in [5.41, 5.74) is 12.3. The SMILES string of the molecule is CC(C)(C)OC(=O)NC[C@H]1CC[C@H](C(=O)N(c2ccc(-c3nnn[nH]3)cc2)[C@@H](Cc2ccc(Br)cc2)C(N)=O)CC1.O=C(O)NC[C@H]1CC[C@H](C(=O)N[C@@H](Cc2ccc(-c3ccc(C(=O)NCCN4CCCC4)cc3)cc2)C(=O)Nc2ccc(-c3nnn[nH]3)cc2)CC1. The van der Waals surface area contributed by atoms with Gasteiger partial charge in [-0.15, -0.1) is 10.2 Å². The smallest absolute Gasteiger partial charge is 0.407 e. The molecule has 0 bridgehead atoms. The van der Waals surface area contributed by atoms with Crippen LogP contribution in [0.25, 0.3) is 33.9 Å². The van der Waals surface area contributed by atoms with Crippen LogP contribution in [-0.2, 0) is 36.8 Å². The van der Waals surface area contributed by atoms with Crippen molar-refractivity contribution >= 4 is 69.0 Å². The first-order valence-electron chi connectivity index (χ1n) is 31.6. The van der Waals surface area contributed by atoms with Crippen molar-refractivity contribution in [1.82, 2.24) is 67.4 Å². The summed E-state index contributed by atoms with van der Waals surface area (Å²) in [6.07, 6.45) is 7.03. The number of anilines is 2. The number of nitrogens with two attached hydrogens (primary N) is 1. The number of carbonyl (C=O) groups excluding carboxylic acids is 6. The number of carboxylic acid groups (broad SMARTS) is 1. The molecule has 5 aromatic carbocycles. The number of aromatic amines is 2. The van der Waals surface area contributed by atoms with Gasteiger partial charge in [-0.05, 0) is 226 Å². The Morgan fingerprint density at radius 3 is 1.71 bits per heavy atom. The highest BCUT2D eigenvalue weighted by Crippen LogP contribution is 2.34. The molecule has 0 spiro atoms. The third-order valence-corrected chi connectivity index (χ3v) is 17.6. The van der Waals surface area contributed by atoms with Crippen LogP contribution in [0.5, 0.6) is 0 Å². The fourth-order valence-electron chi connectivity index (χ4n) is 11.9. The van der Waals surface area contributed by atoms with Gasteiger partial charge in [-0.3, -0.25) is 28.9 Å². The van der Waals surface area contributed by atoms with E-state index in [1.54, 1.807) is 53.4 Å². The zero-order valence-corrected chi connectivity index (χ0v) is 54.1. The Morgan fingerprint density at radius 1 is 0.656 bits per heavy atom. The average molecular weight is 1330 g/mol. The van der Waals surface area contributed by atoms with E-state index >= 15 is 0 Å². The zero-order valence-electron chi connectivity index (χ0n) is 52.5. The number of halogens is 1. The largest absolute Gasteiger partial charge is 0.465 e. The summed E-state index contributed by atoms with van der Waals surface area (Å²) in [6.45, 7) is 10.0. The van der Waals surface area contributed by atoms with Crippen LogP contribution in [0, 0.1) is 23.7 Å². The van der Waals surface area contributed by atoms with Crippen LogP contribution < -0.4 is 37.2 Å². The number of nitrogens with one attached hydrogen (secondary N) is 7. The molecule has 3 aliphatic rings. The van der Waals surface area contributed by atoms with Crippen molar-refractivity contribution in [2.75, 3.05) is 49.5 Å². The number of carbonyl (C=O) groups is 7. The number of alkyl carbamates (subject to hydrolysis) is 1. The molecule has 1 saturated heterocycles. The first kappa shape index (κ1) is 67.9. The maximum atomic E-state index is 14.1. The van der Waals surface area contributed by atoms with Gasteiger partial charge in [-0.2, -0.15) is 0 Å². The fraction of sp³-hybridized carbons (Fsp3) is 0.418. The first-order valence-corrected chi connectivity index (χ1v) is 32.4. The Labute approximate surface area is 548 Å². The van der Waals surface area contributed by atoms with Crippen LogP contribution in [-0.4, -0.2) is 150 Å². The predicted octanol–water partition coefficient (Wildman–Crippen LogP) is 8.49. The molecule has 10 N–H and O–H groups in total. The number of primary amides is 1. The molecule has 0 unspecified atom stereocenters. The summed E-state index contributed by atoms with van der Waals surface area (Å²) < 4.78 is 6.25. The van der Waals surface area contributed by atoms with E-state index in [0.29, 0.717) is 73.9 Å². The van der Waals surface area contributed by atoms with E-state index in [1.165, 1.54) is 12.8 Å². The van der Waals surface area contributed by atoms with E-state index in [2.05, 4.69) is 88.7 Å². The molecule has 93 heavy (non-hydrogen) atoms. The molecule has 2 aromatic heterocycles. The van der Waals surface area contributed by atoms with Crippen LogP contribution >= 0.6 is 15.9 Å². The van der Waals surface area contributed by atoms with Crippen molar-refractivity contribution in [1.29, 1.82) is 0 Å². The molecule has 490 valence electrons. The molecule has 25 nitrogen and oxygen atoms in total. The van der Waals surface area contributed by atoms with Gasteiger partial charge >= 0.3 is 12.2 Å². The molecule has 3 heterocycles. The lowest BCUT2D eigenvalue weighted by Gasteiger charge is -2.36. The minimum Gasteiger partial charge on any atom is -0.465 e. The van der Waals surface area contributed by atoms with E-state index in [4.69, 9.17) is 15.6 Å². The third-order valence-electron chi connectivity index (χ3n) is 17.1. The topological polar surface area (TPSA) is 351 Å². The summed E-state index contributed by atoms with van der Waals surface area (Å²) >= 11 is 3.44. The number of hydrogen-bond donors (Lipinski definition) is 9. The van der Waals surface area contributed by atoms with Gasteiger partial charge in [0.15, 0.2) is 11.6 Å². The Morgan fingerprint density at radius 2 is 1.17 bits per heavy atom. The Balaban J connectivity index is 0.000000226. The van der Waals surface area contributed by atoms with Crippen molar-refractivity contribution < 1.29 is 43.4 Å². The van der Waals surface area contributed by atoms with Crippen LogP contribution in [0.2, 0.25) is 0 Å². The number of nitrogens with zero attached hydrogens (tertiary/aromatic N) is 8. The third kappa shape index (κ3) is 20.3. The summed E-state index contributed by atoms with van der Waals surface area (Å²) in [6, 6.07) is 35.5. The first-order chi connectivity index (χ1) is 44.8. The number of likely N-dealkylation sites (tertiary alicyclic amines) is 1. The van der Waals surface area contributed by atoms with Gasteiger partial charge in [-0.1, -0.05) is 64.5 Å². The van der Waals surface area contributed by atoms with Crippen LogP contribution in [0.3, 0.4) is 0 Å². The number of hydrogen-bond acceptors (Lipinski definition) is 15. The predicted molar refractivity (Wildman–Crippen MR) is 353 cm³/mol. The van der Waals surface area contributed by atoms with E-state index in [9.17, 15) is 33.6 Å². The number of benzene rings is 5. The summed E-state index contributed by atoms with van der Waals surface area (Å²) in [5.74, 6) is -0.455. The lowest BCUT2D eigenvalue weighted by atomic mass is 9.81. The molecule has 2 saturated carbocycles. The molecule has 2 aliphatic carbocycles. The molecule has 7 aromatic rings. The number of aromatic nitrogens is 8. The quantitative estimate of drug-likeness (QED) is 0.0290. The highest BCUT2D eigenvalue weighted by molar-refractivity contribution is 9.10. The van der Waals surface area contributed by atoms with Crippen LogP contribution in [0.1, 0.15) is 106 Å². The molecule has 7 amide bonds. The second-order valence-corrected chi connectivity index (χ2v) is 25.8. The van der Waals surface area contributed by atoms with E-state index in [1.807, 2.05) is 93.6 Å². The minimum atomic E-state index is -1.05. The van der Waals surface area contributed by atoms with Crippen molar-refractivity contribution in [2.45, 2.75) is 116 Å². The molecule has 10 rings (SSSR count). The second-order valence-electron chi connectivity index (χ2n) is 24.9. The summed E-state index contributed by atoms with van der Waals surface area (Å²) in [4.78, 5) is 93.7.